The molecule has 1 aromatic carbocycles. The number of esters is 1. The molecule has 2 fully saturated rings. The Balaban J connectivity index is 1.73. The SMILES string of the molecule is O=C1O[C@H]2C[C@@H]1N(C(=O)/C=C/c1ccccc1Cl)C2. The summed E-state index contributed by atoms with van der Waals surface area (Å²) < 4.78 is 5.04. The van der Waals surface area contributed by atoms with Crippen LogP contribution in [-0.4, -0.2) is 35.5 Å². The Morgan fingerprint density at radius 1 is 1.42 bits per heavy atom. The normalized spacial score (nSPS) is 25.1. The van der Waals surface area contributed by atoms with Crippen molar-refractivity contribution in [3.63, 3.8) is 0 Å². The molecule has 2 saturated heterocycles. The lowest BCUT2D eigenvalue weighted by molar-refractivity contribution is -0.155. The summed E-state index contributed by atoms with van der Waals surface area (Å²) in [7, 11) is 0. The molecule has 19 heavy (non-hydrogen) atoms. The average Bonchev–Trinajstić information content (AvgIpc) is 2.96. The fourth-order valence-electron chi connectivity index (χ4n) is 2.46. The number of rotatable bonds is 2. The zero-order chi connectivity index (χ0) is 13.4. The molecule has 5 heteroatoms. The molecule has 1 amide bonds. The van der Waals surface area contributed by atoms with Crippen molar-refractivity contribution in [1.82, 2.24) is 4.90 Å². The molecule has 4 nitrogen and oxygen atoms in total. The van der Waals surface area contributed by atoms with Gasteiger partial charge in [-0.15, -0.1) is 0 Å². The maximum atomic E-state index is 12.1. The third-order valence-corrected chi connectivity index (χ3v) is 3.76. The van der Waals surface area contributed by atoms with Gasteiger partial charge in [0.2, 0.25) is 5.91 Å². The number of nitrogens with zero attached hydrogens (tertiary/aromatic N) is 1. The van der Waals surface area contributed by atoms with Gasteiger partial charge in [0.1, 0.15) is 12.1 Å². The first-order valence-electron chi connectivity index (χ1n) is 6.09. The van der Waals surface area contributed by atoms with Gasteiger partial charge in [0.25, 0.3) is 0 Å². The van der Waals surface area contributed by atoms with Gasteiger partial charge in [-0.05, 0) is 17.7 Å². The Morgan fingerprint density at radius 2 is 2.21 bits per heavy atom. The van der Waals surface area contributed by atoms with Crippen molar-refractivity contribution in [2.24, 2.45) is 0 Å². The van der Waals surface area contributed by atoms with Crippen molar-refractivity contribution >= 4 is 29.6 Å². The molecule has 2 heterocycles. The highest BCUT2D eigenvalue weighted by atomic mass is 35.5. The summed E-state index contributed by atoms with van der Waals surface area (Å²) in [5.74, 6) is -0.472. The lowest BCUT2D eigenvalue weighted by atomic mass is 10.2. The van der Waals surface area contributed by atoms with Crippen LogP contribution in [0.25, 0.3) is 6.08 Å². The van der Waals surface area contributed by atoms with Crippen LogP contribution in [-0.2, 0) is 14.3 Å². The highest BCUT2D eigenvalue weighted by Crippen LogP contribution is 2.29. The van der Waals surface area contributed by atoms with E-state index in [1.807, 2.05) is 18.2 Å². The molecule has 2 atom stereocenters. The third-order valence-electron chi connectivity index (χ3n) is 3.41. The van der Waals surface area contributed by atoms with Gasteiger partial charge in [-0.25, -0.2) is 4.79 Å². The first-order valence-corrected chi connectivity index (χ1v) is 6.46. The molecule has 3 rings (SSSR count). The zero-order valence-electron chi connectivity index (χ0n) is 10.1. The first-order chi connectivity index (χ1) is 9.15. The number of amides is 1. The molecule has 2 aliphatic heterocycles. The summed E-state index contributed by atoms with van der Waals surface area (Å²) in [6.45, 7) is 0.488. The number of benzene rings is 1. The first kappa shape index (κ1) is 12.2. The second-order valence-electron chi connectivity index (χ2n) is 4.66. The summed E-state index contributed by atoms with van der Waals surface area (Å²) in [5, 5.41) is 0.592. The van der Waals surface area contributed by atoms with Gasteiger partial charge in [-0.3, -0.25) is 4.79 Å². The number of carbonyl (C=O) groups is 2. The summed E-state index contributed by atoms with van der Waals surface area (Å²) in [6, 6.07) is 6.87. The quantitative estimate of drug-likeness (QED) is 0.612. The molecule has 0 N–H and O–H groups in total. The molecule has 2 aliphatic rings. The second-order valence-corrected chi connectivity index (χ2v) is 5.06. The van der Waals surface area contributed by atoms with E-state index in [4.69, 9.17) is 16.3 Å². The number of hydrogen-bond acceptors (Lipinski definition) is 3. The van der Waals surface area contributed by atoms with Gasteiger partial charge in [-0.2, -0.15) is 0 Å². The van der Waals surface area contributed by atoms with E-state index in [1.165, 1.54) is 6.08 Å². The van der Waals surface area contributed by atoms with Crippen LogP contribution in [0.1, 0.15) is 12.0 Å². The van der Waals surface area contributed by atoms with Crippen molar-refractivity contribution in [3.8, 4) is 0 Å². The molecular formula is C14H12ClNO3. The molecule has 0 aromatic heterocycles. The third kappa shape index (κ3) is 2.24. The predicted octanol–water partition coefficient (Wildman–Crippen LogP) is 1.88. The smallest absolute Gasteiger partial charge is 0.329 e. The van der Waals surface area contributed by atoms with Crippen molar-refractivity contribution in [2.75, 3.05) is 6.54 Å². The van der Waals surface area contributed by atoms with E-state index in [0.29, 0.717) is 18.0 Å². The maximum Gasteiger partial charge on any atom is 0.329 e. The number of fused-ring (bicyclic) bond motifs is 2. The maximum absolute atomic E-state index is 12.1. The van der Waals surface area contributed by atoms with Crippen LogP contribution in [0.15, 0.2) is 30.3 Å². The molecule has 0 radical (unpaired) electrons. The van der Waals surface area contributed by atoms with Gasteiger partial charge in [0.15, 0.2) is 0 Å². The molecular weight excluding hydrogens is 266 g/mol. The van der Waals surface area contributed by atoms with E-state index in [1.54, 1.807) is 17.0 Å². The van der Waals surface area contributed by atoms with Gasteiger partial charge in [0, 0.05) is 17.5 Å². The number of halogens is 1. The monoisotopic (exact) mass is 277 g/mol. The zero-order valence-corrected chi connectivity index (χ0v) is 10.8. The summed E-state index contributed by atoms with van der Waals surface area (Å²) in [6.07, 6.45) is 3.61. The molecule has 0 unspecified atom stereocenters. The molecule has 1 aromatic rings. The fraction of sp³-hybridized carbons (Fsp3) is 0.286. The minimum atomic E-state index is -0.409. The molecule has 0 spiro atoms. The second kappa shape index (κ2) is 4.70. The molecule has 2 bridgehead atoms. The summed E-state index contributed by atoms with van der Waals surface area (Å²) in [5.41, 5.74) is 0.782. The van der Waals surface area contributed by atoms with E-state index < -0.39 is 6.04 Å². The van der Waals surface area contributed by atoms with Crippen LogP contribution in [0.5, 0.6) is 0 Å². The van der Waals surface area contributed by atoms with Crippen LogP contribution < -0.4 is 0 Å². The van der Waals surface area contributed by atoms with Crippen LogP contribution >= 0.6 is 11.6 Å². The Bertz CT molecular complexity index is 570. The standard InChI is InChI=1S/C14H12ClNO3/c15-11-4-2-1-3-9(11)5-6-13(17)16-8-10-7-12(16)14(18)19-10/h1-6,10,12H,7-8H2/b6-5+/t10-,12-/m0/s1. The van der Waals surface area contributed by atoms with Crippen molar-refractivity contribution in [3.05, 3.63) is 40.9 Å². The van der Waals surface area contributed by atoms with E-state index >= 15 is 0 Å². The summed E-state index contributed by atoms with van der Waals surface area (Å²) >= 11 is 6.00. The minimum absolute atomic E-state index is 0.129. The van der Waals surface area contributed by atoms with Gasteiger partial charge >= 0.3 is 5.97 Å². The van der Waals surface area contributed by atoms with Crippen LogP contribution in [0.2, 0.25) is 5.02 Å². The molecule has 0 aliphatic carbocycles. The van der Waals surface area contributed by atoms with Crippen LogP contribution in [0.4, 0.5) is 0 Å². The largest absolute Gasteiger partial charge is 0.459 e. The van der Waals surface area contributed by atoms with Crippen molar-refractivity contribution < 1.29 is 14.3 Å². The predicted molar refractivity (Wildman–Crippen MR) is 70.5 cm³/mol. The van der Waals surface area contributed by atoms with Gasteiger partial charge < -0.3 is 9.64 Å². The topological polar surface area (TPSA) is 46.6 Å². The van der Waals surface area contributed by atoms with E-state index in [2.05, 4.69) is 0 Å². The number of hydrogen-bond donors (Lipinski definition) is 0. The van der Waals surface area contributed by atoms with E-state index in [9.17, 15) is 9.59 Å². The van der Waals surface area contributed by atoms with Gasteiger partial charge in [0.05, 0.1) is 6.54 Å². The fourth-order valence-corrected chi connectivity index (χ4v) is 2.66. The van der Waals surface area contributed by atoms with Crippen LogP contribution in [0.3, 0.4) is 0 Å². The van der Waals surface area contributed by atoms with Gasteiger partial charge in [-0.1, -0.05) is 29.8 Å². The average molecular weight is 278 g/mol. The number of morpholine rings is 1. The molecule has 98 valence electrons. The Morgan fingerprint density at radius 3 is 2.89 bits per heavy atom. The van der Waals surface area contributed by atoms with E-state index in [-0.39, 0.29) is 18.0 Å². The highest BCUT2D eigenvalue weighted by Gasteiger charge is 2.47. The Labute approximate surface area is 115 Å². The summed E-state index contributed by atoms with van der Waals surface area (Å²) in [4.78, 5) is 25.0. The number of ether oxygens (including phenoxy) is 1. The van der Waals surface area contributed by atoms with Crippen molar-refractivity contribution in [1.29, 1.82) is 0 Å². The van der Waals surface area contributed by atoms with Crippen molar-refractivity contribution in [2.45, 2.75) is 18.6 Å². The number of carbonyl (C=O) groups excluding carboxylic acids is 2. The Kier molecular flexibility index (Phi) is 3.03. The minimum Gasteiger partial charge on any atom is -0.459 e. The van der Waals surface area contributed by atoms with E-state index in [0.717, 1.165) is 5.56 Å². The molecule has 0 saturated carbocycles. The lowest BCUT2D eigenvalue weighted by Gasteiger charge is -2.24. The number of likely N-dealkylation sites (tertiary alicyclic amines) is 1. The lowest BCUT2D eigenvalue weighted by Crippen LogP contribution is -2.43. The highest BCUT2D eigenvalue weighted by molar-refractivity contribution is 6.32. The Hall–Kier alpha value is -1.81. The van der Waals surface area contributed by atoms with Crippen LogP contribution in [0, 0.1) is 0 Å².